The lowest BCUT2D eigenvalue weighted by molar-refractivity contribution is -0.150. The summed E-state index contributed by atoms with van der Waals surface area (Å²) in [6, 6.07) is 4.10. The van der Waals surface area contributed by atoms with Crippen LogP contribution in [0.5, 0.6) is 0 Å². The second kappa shape index (κ2) is 6.88. The minimum Gasteiger partial charge on any atom is -0.450 e. The number of benzene rings is 1. The average Bonchev–Trinajstić information content (AvgIpc) is 2.82. The van der Waals surface area contributed by atoms with E-state index in [0.717, 1.165) is 42.0 Å². The van der Waals surface area contributed by atoms with Crippen molar-refractivity contribution in [1.82, 2.24) is 4.90 Å². The number of hydrogen-bond acceptors (Lipinski definition) is 4. The van der Waals surface area contributed by atoms with E-state index in [4.69, 9.17) is 4.74 Å². The van der Waals surface area contributed by atoms with Gasteiger partial charge in [0.25, 0.3) is 5.91 Å². The number of hydrogen-bond donors (Lipinski definition) is 1. The molecule has 1 aromatic carbocycles. The number of rotatable bonds is 3. The highest BCUT2D eigenvalue weighted by atomic mass is 16.6. The first-order valence-electron chi connectivity index (χ1n) is 9.33. The Labute approximate surface area is 155 Å². The third kappa shape index (κ3) is 3.16. The summed E-state index contributed by atoms with van der Waals surface area (Å²) in [5, 5.41) is 3.05. The number of aryl methyl sites for hydroxylation is 3. The summed E-state index contributed by atoms with van der Waals surface area (Å²) >= 11 is 0. The van der Waals surface area contributed by atoms with Crippen molar-refractivity contribution in [3.8, 4) is 0 Å². The van der Waals surface area contributed by atoms with E-state index in [1.165, 1.54) is 0 Å². The van der Waals surface area contributed by atoms with Crippen molar-refractivity contribution >= 4 is 17.6 Å². The molecule has 1 amide bonds. The first kappa shape index (κ1) is 18.6. The lowest BCUT2D eigenvalue weighted by atomic mass is 9.82. The van der Waals surface area contributed by atoms with Gasteiger partial charge in [0, 0.05) is 37.2 Å². The van der Waals surface area contributed by atoms with Crippen molar-refractivity contribution in [2.24, 2.45) is 0 Å². The third-order valence-electron chi connectivity index (χ3n) is 5.68. The van der Waals surface area contributed by atoms with Crippen LogP contribution in [0.2, 0.25) is 0 Å². The quantitative estimate of drug-likeness (QED) is 0.845. The van der Waals surface area contributed by atoms with E-state index in [1.54, 1.807) is 6.92 Å². The fraction of sp³-hybridized carbons (Fsp3) is 0.524. The Balaban J connectivity index is 1.91. The Morgan fingerprint density at radius 2 is 1.73 bits per heavy atom. The monoisotopic (exact) mass is 356 g/mol. The number of carbonyl (C=O) groups is 2. The minimum absolute atomic E-state index is 0.214. The van der Waals surface area contributed by atoms with Crippen molar-refractivity contribution in [2.45, 2.75) is 53.1 Å². The number of nitrogens with one attached hydrogen (secondary N) is 1. The van der Waals surface area contributed by atoms with Crippen LogP contribution in [0.1, 0.15) is 43.4 Å². The Morgan fingerprint density at radius 1 is 1.15 bits per heavy atom. The number of anilines is 1. The summed E-state index contributed by atoms with van der Waals surface area (Å²) in [6.07, 6.45) is 1.33. The summed E-state index contributed by atoms with van der Waals surface area (Å²) in [7, 11) is 0. The number of carbonyl (C=O) groups excluding carboxylic acids is 2. The summed E-state index contributed by atoms with van der Waals surface area (Å²) < 4.78 is 5.75. The maximum atomic E-state index is 13.2. The molecule has 0 saturated carbocycles. The molecule has 0 aromatic heterocycles. The van der Waals surface area contributed by atoms with Crippen molar-refractivity contribution in [3.63, 3.8) is 0 Å². The normalized spacial score (nSPS) is 19.8. The lowest BCUT2D eigenvalue weighted by Gasteiger charge is -2.39. The fourth-order valence-corrected chi connectivity index (χ4v) is 4.26. The lowest BCUT2D eigenvalue weighted by Crippen LogP contribution is -2.47. The topological polar surface area (TPSA) is 58.6 Å². The third-order valence-corrected chi connectivity index (χ3v) is 5.68. The van der Waals surface area contributed by atoms with Crippen LogP contribution in [0.3, 0.4) is 0 Å². The number of likely N-dealkylation sites (tertiary alicyclic amines) is 1. The molecule has 1 spiro atoms. The predicted octanol–water partition coefficient (Wildman–Crippen LogP) is 3.28. The van der Waals surface area contributed by atoms with Gasteiger partial charge in [-0.25, -0.2) is 4.79 Å². The predicted molar refractivity (Wildman–Crippen MR) is 102 cm³/mol. The van der Waals surface area contributed by atoms with Crippen LogP contribution in [0, 0.1) is 20.8 Å². The van der Waals surface area contributed by atoms with Gasteiger partial charge < -0.3 is 15.0 Å². The first-order chi connectivity index (χ1) is 12.3. The standard InChI is InChI=1S/C21H28N2O3/c1-6-23-9-7-21(8-10-23)17(16(5)20(25)26-21)19(24)22-18-14(3)11-13(2)12-15(18)4/h11-12H,6-10H2,1-5H3,(H,22,24). The van der Waals surface area contributed by atoms with Crippen LogP contribution < -0.4 is 5.32 Å². The number of amides is 1. The van der Waals surface area contributed by atoms with Crippen molar-refractivity contribution < 1.29 is 14.3 Å². The molecule has 1 fully saturated rings. The van der Waals surface area contributed by atoms with Crippen LogP contribution in [0.25, 0.3) is 0 Å². The largest absolute Gasteiger partial charge is 0.450 e. The van der Waals surface area contributed by atoms with Gasteiger partial charge in [0.1, 0.15) is 5.60 Å². The van der Waals surface area contributed by atoms with E-state index in [2.05, 4.69) is 29.3 Å². The second-order valence-electron chi connectivity index (χ2n) is 7.55. The zero-order valence-corrected chi connectivity index (χ0v) is 16.4. The molecule has 2 heterocycles. The van der Waals surface area contributed by atoms with Crippen molar-refractivity contribution in [3.05, 3.63) is 40.0 Å². The summed E-state index contributed by atoms with van der Waals surface area (Å²) in [6.45, 7) is 12.5. The number of esters is 1. The second-order valence-corrected chi connectivity index (χ2v) is 7.55. The molecular weight excluding hydrogens is 328 g/mol. The number of nitrogens with zero attached hydrogens (tertiary/aromatic N) is 1. The van der Waals surface area contributed by atoms with Crippen LogP contribution in [0.4, 0.5) is 5.69 Å². The van der Waals surface area contributed by atoms with Gasteiger partial charge in [0.05, 0.1) is 5.57 Å². The smallest absolute Gasteiger partial charge is 0.335 e. The van der Waals surface area contributed by atoms with Crippen LogP contribution in [-0.2, 0) is 14.3 Å². The molecule has 26 heavy (non-hydrogen) atoms. The van der Waals surface area contributed by atoms with E-state index in [-0.39, 0.29) is 11.9 Å². The summed E-state index contributed by atoms with van der Waals surface area (Å²) in [5.74, 6) is -0.578. The molecule has 140 valence electrons. The molecule has 5 heteroatoms. The van der Waals surface area contributed by atoms with Gasteiger partial charge in [-0.05, 0) is 45.4 Å². The van der Waals surface area contributed by atoms with E-state index in [1.807, 2.05) is 20.8 Å². The van der Waals surface area contributed by atoms with Gasteiger partial charge in [0.2, 0.25) is 0 Å². The van der Waals surface area contributed by atoms with Crippen LogP contribution in [0.15, 0.2) is 23.3 Å². The fourth-order valence-electron chi connectivity index (χ4n) is 4.26. The molecule has 0 bridgehead atoms. The molecule has 0 aliphatic carbocycles. The Morgan fingerprint density at radius 3 is 2.27 bits per heavy atom. The zero-order valence-electron chi connectivity index (χ0n) is 16.4. The molecule has 2 aliphatic rings. The van der Waals surface area contributed by atoms with Gasteiger partial charge >= 0.3 is 5.97 Å². The Bertz CT molecular complexity index is 763. The highest BCUT2D eigenvalue weighted by Crippen LogP contribution is 2.41. The molecule has 1 saturated heterocycles. The maximum absolute atomic E-state index is 13.2. The van der Waals surface area contributed by atoms with E-state index in [0.29, 0.717) is 24.0 Å². The van der Waals surface area contributed by atoms with E-state index >= 15 is 0 Å². The molecule has 0 unspecified atom stereocenters. The number of piperidine rings is 1. The minimum atomic E-state index is -0.774. The summed E-state index contributed by atoms with van der Waals surface area (Å²) in [4.78, 5) is 27.8. The van der Waals surface area contributed by atoms with Crippen molar-refractivity contribution in [1.29, 1.82) is 0 Å². The number of ether oxygens (including phenoxy) is 1. The zero-order chi connectivity index (χ0) is 19.1. The molecule has 1 aromatic rings. The summed E-state index contributed by atoms with van der Waals surface area (Å²) in [5.41, 5.74) is 4.21. The van der Waals surface area contributed by atoms with Crippen molar-refractivity contribution in [2.75, 3.05) is 25.0 Å². The Kier molecular flexibility index (Phi) is 4.93. The van der Waals surface area contributed by atoms with Crippen LogP contribution >= 0.6 is 0 Å². The highest BCUT2D eigenvalue weighted by Gasteiger charge is 2.50. The van der Waals surface area contributed by atoms with E-state index in [9.17, 15) is 9.59 Å². The molecule has 5 nitrogen and oxygen atoms in total. The van der Waals surface area contributed by atoms with Crippen LogP contribution in [-0.4, -0.2) is 42.0 Å². The van der Waals surface area contributed by atoms with Gasteiger partial charge in [0.15, 0.2) is 0 Å². The maximum Gasteiger partial charge on any atom is 0.335 e. The van der Waals surface area contributed by atoms with Gasteiger partial charge in [-0.3, -0.25) is 4.79 Å². The Hall–Kier alpha value is -2.14. The van der Waals surface area contributed by atoms with Gasteiger partial charge in [-0.2, -0.15) is 0 Å². The SMILES string of the molecule is CCN1CCC2(CC1)OC(=O)C(C)=C2C(=O)Nc1c(C)cc(C)cc1C. The molecular formula is C21H28N2O3. The van der Waals surface area contributed by atoms with E-state index < -0.39 is 5.60 Å². The molecule has 3 rings (SSSR count). The molecule has 0 radical (unpaired) electrons. The molecule has 2 aliphatic heterocycles. The molecule has 0 atom stereocenters. The molecule has 1 N–H and O–H groups in total. The average molecular weight is 356 g/mol. The van der Waals surface area contributed by atoms with Gasteiger partial charge in [-0.1, -0.05) is 24.6 Å². The first-order valence-corrected chi connectivity index (χ1v) is 9.33. The highest BCUT2D eigenvalue weighted by molar-refractivity contribution is 6.13. The van der Waals surface area contributed by atoms with Gasteiger partial charge in [-0.15, -0.1) is 0 Å².